The van der Waals surface area contributed by atoms with Gasteiger partial charge in [0, 0.05) is 6.61 Å². The molecule has 0 aliphatic carbocycles. The molecule has 1 rings (SSSR count). The predicted octanol–water partition coefficient (Wildman–Crippen LogP) is 4.71. The molecule has 0 aromatic heterocycles. The van der Waals surface area contributed by atoms with Crippen LogP contribution in [-0.4, -0.2) is 15.2 Å². The van der Waals surface area contributed by atoms with Crippen molar-refractivity contribution in [2.24, 2.45) is 0 Å². The Balaban J connectivity index is 3.00. The second-order valence-corrected chi connectivity index (χ2v) is 8.57. The SMILES string of the molecule is CCO[Si](CC)(CC)Oc1ccccc1C(C)C. The van der Waals surface area contributed by atoms with E-state index in [9.17, 15) is 0 Å². The van der Waals surface area contributed by atoms with Crippen LogP contribution in [0.5, 0.6) is 5.75 Å². The fourth-order valence-corrected chi connectivity index (χ4v) is 4.51. The first-order chi connectivity index (χ1) is 8.58. The normalized spacial score (nSPS) is 11.9. The van der Waals surface area contributed by atoms with Gasteiger partial charge in [0.15, 0.2) is 0 Å². The van der Waals surface area contributed by atoms with Crippen molar-refractivity contribution < 1.29 is 8.85 Å². The van der Waals surface area contributed by atoms with Crippen LogP contribution in [0.2, 0.25) is 12.1 Å². The average Bonchev–Trinajstić information content (AvgIpc) is 2.38. The summed E-state index contributed by atoms with van der Waals surface area (Å²) in [5.41, 5.74) is 1.27. The van der Waals surface area contributed by atoms with E-state index in [1.165, 1.54) is 5.56 Å². The van der Waals surface area contributed by atoms with Crippen molar-refractivity contribution >= 4 is 8.56 Å². The Morgan fingerprint density at radius 3 is 2.17 bits per heavy atom. The molecule has 3 heteroatoms. The lowest BCUT2D eigenvalue weighted by atomic mass is 10.0. The molecular weight excluding hydrogens is 240 g/mol. The van der Waals surface area contributed by atoms with Gasteiger partial charge in [0.05, 0.1) is 0 Å². The highest BCUT2D eigenvalue weighted by Gasteiger charge is 2.36. The highest BCUT2D eigenvalue weighted by molar-refractivity contribution is 6.68. The molecule has 0 unspecified atom stereocenters. The van der Waals surface area contributed by atoms with Crippen molar-refractivity contribution in [1.82, 2.24) is 0 Å². The van der Waals surface area contributed by atoms with Gasteiger partial charge in [0.1, 0.15) is 5.75 Å². The minimum absolute atomic E-state index is 0.475. The molecular formula is C15H26O2Si. The molecule has 0 fully saturated rings. The van der Waals surface area contributed by atoms with Crippen LogP contribution in [0.1, 0.15) is 46.1 Å². The lowest BCUT2D eigenvalue weighted by Gasteiger charge is -2.30. The summed E-state index contributed by atoms with van der Waals surface area (Å²) in [6.45, 7) is 11.5. The van der Waals surface area contributed by atoms with Crippen molar-refractivity contribution in [2.45, 2.75) is 52.6 Å². The molecule has 0 aliphatic rings. The van der Waals surface area contributed by atoms with Crippen LogP contribution < -0.4 is 4.43 Å². The maximum atomic E-state index is 6.35. The van der Waals surface area contributed by atoms with E-state index in [1.807, 2.05) is 13.0 Å². The highest BCUT2D eigenvalue weighted by atomic mass is 28.4. The molecule has 0 atom stereocenters. The summed E-state index contributed by atoms with van der Waals surface area (Å²) in [6.07, 6.45) is 0. The number of hydrogen-bond acceptors (Lipinski definition) is 2. The predicted molar refractivity (Wildman–Crippen MR) is 79.5 cm³/mol. The zero-order valence-electron chi connectivity index (χ0n) is 12.3. The molecule has 2 nitrogen and oxygen atoms in total. The molecule has 0 aliphatic heterocycles. The van der Waals surface area contributed by atoms with Crippen molar-refractivity contribution in [3.63, 3.8) is 0 Å². The Bertz CT molecular complexity index is 359. The molecule has 0 bridgehead atoms. The van der Waals surface area contributed by atoms with Gasteiger partial charge in [-0.2, -0.15) is 0 Å². The fourth-order valence-electron chi connectivity index (χ4n) is 2.14. The maximum absolute atomic E-state index is 6.35. The monoisotopic (exact) mass is 266 g/mol. The number of benzene rings is 1. The largest absolute Gasteiger partial charge is 0.520 e. The molecule has 1 aromatic rings. The molecule has 0 spiro atoms. The summed E-state index contributed by atoms with van der Waals surface area (Å²) in [4.78, 5) is 0. The van der Waals surface area contributed by atoms with E-state index in [0.29, 0.717) is 5.92 Å². The van der Waals surface area contributed by atoms with Crippen molar-refractivity contribution in [1.29, 1.82) is 0 Å². The Morgan fingerprint density at radius 2 is 1.67 bits per heavy atom. The third-order valence-electron chi connectivity index (χ3n) is 3.32. The lowest BCUT2D eigenvalue weighted by molar-refractivity contribution is 0.251. The van der Waals surface area contributed by atoms with Crippen molar-refractivity contribution in [2.75, 3.05) is 6.61 Å². The minimum Gasteiger partial charge on any atom is -0.520 e. The van der Waals surface area contributed by atoms with Crippen LogP contribution >= 0.6 is 0 Å². The first kappa shape index (κ1) is 15.3. The Hall–Kier alpha value is -0.803. The van der Waals surface area contributed by atoms with Crippen molar-refractivity contribution in [3.05, 3.63) is 29.8 Å². The Morgan fingerprint density at radius 1 is 1.06 bits per heavy atom. The van der Waals surface area contributed by atoms with Crippen LogP contribution in [0.4, 0.5) is 0 Å². The van der Waals surface area contributed by atoms with Crippen LogP contribution in [0, 0.1) is 0 Å². The van der Waals surface area contributed by atoms with Gasteiger partial charge in [-0.15, -0.1) is 0 Å². The summed E-state index contributed by atoms with van der Waals surface area (Å²) in [5.74, 6) is 1.49. The van der Waals surface area contributed by atoms with E-state index in [4.69, 9.17) is 8.85 Å². The summed E-state index contributed by atoms with van der Waals surface area (Å²) in [7, 11) is -2.06. The summed E-state index contributed by atoms with van der Waals surface area (Å²) < 4.78 is 12.3. The van der Waals surface area contributed by atoms with E-state index in [-0.39, 0.29) is 0 Å². The van der Waals surface area contributed by atoms with E-state index in [0.717, 1.165) is 24.4 Å². The van der Waals surface area contributed by atoms with Gasteiger partial charge in [-0.25, -0.2) is 0 Å². The maximum Gasteiger partial charge on any atom is 0.398 e. The summed E-state index contributed by atoms with van der Waals surface area (Å²) in [6, 6.07) is 10.3. The first-order valence-corrected chi connectivity index (χ1v) is 9.23. The average molecular weight is 266 g/mol. The summed E-state index contributed by atoms with van der Waals surface area (Å²) >= 11 is 0. The highest BCUT2D eigenvalue weighted by Crippen LogP contribution is 2.30. The second kappa shape index (κ2) is 6.95. The van der Waals surface area contributed by atoms with Gasteiger partial charge >= 0.3 is 8.56 Å². The van der Waals surface area contributed by atoms with Crippen LogP contribution in [0.25, 0.3) is 0 Å². The van der Waals surface area contributed by atoms with Gasteiger partial charge < -0.3 is 8.85 Å². The lowest BCUT2D eigenvalue weighted by Crippen LogP contribution is -2.44. The van der Waals surface area contributed by atoms with Crippen molar-refractivity contribution in [3.8, 4) is 5.75 Å². The number of hydrogen-bond donors (Lipinski definition) is 0. The van der Waals surface area contributed by atoms with Gasteiger partial charge in [-0.3, -0.25) is 0 Å². The van der Waals surface area contributed by atoms with E-state index < -0.39 is 8.56 Å². The van der Waals surface area contributed by atoms with E-state index >= 15 is 0 Å². The van der Waals surface area contributed by atoms with Gasteiger partial charge in [0.2, 0.25) is 0 Å². The standard InChI is InChI=1S/C15H26O2Si/c1-6-16-18(7-2,8-3)17-15-12-10-9-11-14(15)13(4)5/h9-13H,6-8H2,1-5H3. The molecule has 0 amide bonds. The number of rotatable bonds is 7. The van der Waals surface area contributed by atoms with Gasteiger partial charge in [0.25, 0.3) is 0 Å². The fraction of sp³-hybridized carbons (Fsp3) is 0.600. The first-order valence-electron chi connectivity index (χ1n) is 7.00. The zero-order chi connectivity index (χ0) is 13.6. The molecule has 0 radical (unpaired) electrons. The molecule has 0 heterocycles. The summed E-state index contributed by atoms with van der Waals surface area (Å²) in [5, 5.41) is 0. The van der Waals surface area contributed by atoms with Gasteiger partial charge in [-0.1, -0.05) is 45.9 Å². The Labute approximate surface area is 113 Å². The molecule has 0 N–H and O–H groups in total. The van der Waals surface area contributed by atoms with Gasteiger partial charge in [-0.05, 0) is 36.6 Å². The second-order valence-electron chi connectivity index (χ2n) is 4.85. The van der Waals surface area contributed by atoms with E-state index in [1.54, 1.807) is 0 Å². The molecule has 1 aromatic carbocycles. The van der Waals surface area contributed by atoms with Crippen LogP contribution in [0.15, 0.2) is 24.3 Å². The quantitative estimate of drug-likeness (QED) is 0.666. The Kier molecular flexibility index (Phi) is 5.89. The third-order valence-corrected chi connectivity index (χ3v) is 6.88. The van der Waals surface area contributed by atoms with E-state index in [2.05, 4.69) is 45.9 Å². The molecule has 0 saturated carbocycles. The molecule has 102 valence electrons. The number of para-hydroxylation sites is 1. The molecule has 0 saturated heterocycles. The third kappa shape index (κ3) is 3.59. The minimum atomic E-state index is -2.06. The van der Waals surface area contributed by atoms with Crippen LogP contribution in [0.3, 0.4) is 0 Å². The smallest absolute Gasteiger partial charge is 0.398 e. The van der Waals surface area contributed by atoms with Crippen LogP contribution in [-0.2, 0) is 4.43 Å². The zero-order valence-corrected chi connectivity index (χ0v) is 13.3. The topological polar surface area (TPSA) is 18.5 Å². The molecule has 18 heavy (non-hydrogen) atoms.